The molecule has 1 fully saturated rings. The van der Waals surface area contributed by atoms with Crippen molar-refractivity contribution in [2.75, 3.05) is 6.61 Å². The van der Waals surface area contributed by atoms with Crippen LogP contribution in [0.3, 0.4) is 0 Å². The molecule has 1 aliphatic heterocycles. The summed E-state index contributed by atoms with van der Waals surface area (Å²) in [5.74, 6) is 0. The fourth-order valence-corrected chi connectivity index (χ4v) is 7.53. The van der Waals surface area contributed by atoms with E-state index in [0.29, 0.717) is 44.3 Å². The van der Waals surface area contributed by atoms with Crippen molar-refractivity contribution in [1.82, 2.24) is 0 Å². The number of ether oxygens (including phenoxy) is 5. The minimum atomic E-state index is -1.26. The summed E-state index contributed by atoms with van der Waals surface area (Å²) in [7, 11) is 0. The summed E-state index contributed by atoms with van der Waals surface area (Å²) in [6.45, 7) is 1.76. The molecule has 0 bridgehead atoms. The molecule has 0 N–H and O–H groups in total. The zero-order valence-electron chi connectivity index (χ0n) is 32.8. The highest BCUT2D eigenvalue weighted by Crippen LogP contribution is 2.40. The van der Waals surface area contributed by atoms with Gasteiger partial charge in [-0.1, -0.05) is 163 Å². The molecule has 0 unspecified atom stereocenters. The highest BCUT2D eigenvalue weighted by Gasteiger charge is 2.49. The van der Waals surface area contributed by atoms with Crippen molar-refractivity contribution in [3.8, 4) is 0 Å². The smallest absolute Gasteiger partial charge is 0.117 e. The molecule has 0 saturated carbocycles. The van der Waals surface area contributed by atoms with Crippen LogP contribution in [0.5, 0.6) is 0 Å². The molecular formula is C49H47ClO5. The molecule has 0 radical (unpaired) electrons. The van der Waals surface area contributed by atoms with Crippen LogP contribution in [0, 0.1) is 0 Å². The molecule has 6 aromatic rings. The van der Waals surface area contributed by atoms with E-state index in [4.69, 9.17) is 38.0 Å². The van der Waals surface area contributed by atoms with E-state index in [1.54, 1.807) is 0 Å². The van der Waals surface area contributed by atoms with Gasteiger partial charge in [0.1, 0.15) is 30.5 Å². The predicted octanol–water partition coefficient (Wildman–Crippen LogP) is 10.4. The van der Waals surface area contributed by atoms with Gasteiger partial charge in [-0.05, 0) is 75.4 Å². The van der Waals surface area contributed by atoms with Crippen molar-refractivity contribution in [1.29, 1.82) is 0 Å². The van der Waals surface area contributed by atoms with E-state index in [9.17, 15) is 0 Å². The van der Waals surface area contributed by atoms with Gasteiger partial charge in [-0.25, -0.2) is 0 Å². The van der Waals surface area contributed by atoms with Crippen molar-refractivity contribution < 1.29 is 26.4 Å². The second-order valence-corrected chi connectivity index (χ2v) is 14.7. The molecule has 2 aliphatic rings. The molecule has 55 heavy (non-hydrogen) atoms. The Balaban J connectivity index is 1.15. The third-order valence-electron chi connectivity index (χ3n) is 10.3. The van der Waals surface area contributed by atoms with E-state index in [1.165, 1.54) is 0 Å². The van der Waals surface area contributed by atoms with Crippen molar-refractivity contribution in [3.63, 3.8) is 0 Å². The van der Waals surface area contributed by atoms with Crippen molar-refractivity contribution >= 4 is 11.6 Å². The van der Waals surface area contributed by atoms with Crippen LogP contribution in [0.1, 0.15) is 58.9 Å². The highest BCUT2D eigenvalue weighted by atomic mass is 35.5. The van der Waals surface area contributed by atoms with E-state index >= 15 is 0 Å². The van der Waals surface area contributed by atoms with E-state index in [2.05, 4.69) is 60.7 Å². The van der Waals surface area contributed by atoms with Gasteiger partial charge in [-0.3, -0.25) is 0 Å². The zero-order chi connectivity index (χ0) is 39.0. The average molecular weight is 753 g/mol. The number of rotatable bonds is 16. The summed E-state index contributed by atoms with van der Waals surface area (Å²) in [6, 6.07) is 52.7. The van der Waals surface area contributed by atoms with Gasteiger partial charge in [0.25, 0.3) is 0 Å². The van der Waals surface area contributed by atoms with E-state index < -0.39 is 36.9 Å². The van der Waals surface area contributed by atoms with Crippen molar-refractivity contribution in [2.45, 2.75) is 76.2 Å². The average Bonchev–Trinajstić information content (AvgIpc) is 3.23. The van der Waals surface area contributed by atoms with Crippen LogP contribution in [0.4, 0.5) is 0 Å². The summed E-state index contributed by atoms with van der Waals surface area (Å²) >= 11 is 6.92. The van der Waals surface area contributed by atoms with Gasteiger partial charge in [0.2, 0.25) is 0 Å². The Morgan fingerprint density at radius 3 is 1.65 bits per heavy atom. The Labute approximate surface area is 332 Å². The number of fused-ring (bicyclic) bond motifs is 1. The van der Waals surface area contributed by atoms with Crippen LogP contribution in [-0.4, -0.2) is 31.0 Å². The molecular weight excluding hydrogens is 704 g/mol. The van der Waals surface area contributed by atoms with Crippen LogP contribution in [0.25, 0.3) is 0 Å². The minimum Gasteiger partial charge on any atom is -0.374 e. The molecule has 0 aromatic heterocycles. The predicted molar refractivity (Wildman–Crippen MR) is 217 cm³/mol. The lowest BCUT2D eigenvalue weighted by Crippen LogP contribution is -2.58. The van der Waals surface area contributed by atoms with Crippen LogP contribution in [0.2, 0.25) is 5.02 Å². The van der Waals surface area contributed by atoms with Gasteiger partial charge in [-0.15, -0.1) is 0 Å². The Bertz CT molecular complexity index is 2190. The van der Waals surface area contributed by atoms with Crippen molar-refractivity contribution in [2.24, 2.45) is 0 Å². The molecule has 1 heterocycles. The zero-order valence-corrected chi connectivity index (χ0v) is 31.5. The maximum atomic E-state index is 8.20. The lowest BCUT2D eigenvalue weighted by Gasteiger charge is -2.46. The quantitative estimate of drug-likeness (QED) is 0.0985. The Kier molecular flexibility index (Phi) is 11.6. The molecule has 5 nitrogen and oxygen atoms in total. The molecule has 0 amide bonds. The topological polar surface area (TPSA) is 46.2 Å². The number of hydrogen-bond acceptors (Lipinski definition) is 5. The largest absolute Gasteiger partial charge is 0.374 e. The lowest BCUT2D eigenvalue weighted by atomic mass is 9.86. The molecule has 280 valence electrons. The van der Waals surface area contributed by atoms with Gasteiger partial charge >= 0.3 is 0 Å². The molecule has 1 saturated heterocycles. The van der Waals surface area contributed by atoms with Gasteiger partial charge in [0.15, 0.2) is 0 Å². The standard InChI is InChI=1S/C49H47ClO5/c50-44-26-25-42(29-43(44)28-39-21-22-40-23-24-41(40)27-39)46-48(53-32-37-17-9-3-10-18-37)49(54-33-38-19-11-4-12-20-38)47(52-31-36-15-7-2-8-16-36)45(55-46)34-51-30-35-13-5-1-6-14-35/h1-22,25-27,29,45-49H,23-24,28,30-34H2/t45-,46+,47-,48+,49+/m1/s1/i23D2. The Morgan fingerprint density at radius 2 is 1.09 bits per heavy atom. The third-order valence-corrected chi connectivity index (χ3v) is 10.7. The first-order valence-electron chi connectivity index (χ1n) is 20.0. The number of benzene rings is 6. The Hall–Kier alpha value is -4.59. The monoisotopic (exact) mass is 752 g/mol. The normalized spacial score (nSPS) is 21.9. The molecule has 5 atom stereocenters. The first-order chi connectivity index (χ1) is 27.9. The van der Waals surface area contributed by atoms with Crippen LogP contribution in [0.15, 0.2) is 158 Å². The summed E-state index contributed by atoms with van der Waals surface area (Å²) in [6.07, 6.45) is -2.99. The summed E-state index contributed by atoms with van der Waals surface area (Å²) in [5, 5.41) is 0.651. The second kappa shape index (κ2) is 18.4. The maximum Gasteiger partial charge on any atom is 0.117 e. The van der Waals surface area contributed by atoms with E-state index in [-0.39, 0.29) is 6.61 Å². The number of hydrogen-bond donors (Lipinski definition) is 0. The molecule has 6 heteroatoms. The first kappa shape index (κ1) is 34.9. The van der Waals surface area contributed by atoms with Crippen molar-refractivity contribution in [3.05, 3.63) is 213 Å². The van der Waals surface area contributed by atoms with Gasteiger partial charge in [0.05, 0.1) is 33.0 Å². The summed E-state index contributed by atoms with van der Waals surface area (Å²) in [5.41, 5.74) is 8.95. The van der Waals surface area contributed by atoms with Gasteiger partial charge in [0, 0.05) is 7.76 Å². The highest BCUT2D eigenvalue weighted by molar-refractivity contribution is 6.31. The lowest BCUT2D eigenvalue weighted by molar-refractivity contribution is -0.275. The molecule has 8 rings (SSSR count). The van der Waals surface area contributed by atoms with Crippen LogP contribution < -0.4 is 0 Å². The fourth-order valence-electron chi connectivity index (χ4n) is 7.34. The maximum absolute atomic E-state index is 8.20. The van der Waals surface area contributed by atoms with E-state index in [1.807, 2.05) is 97.1 Å². The second-order valence-electron chi connectivity index (χ2n) is 14.3. The van der Waals surface area contributed by atoms with Crippen LogP contribution >= 0.6 is 11.6 Å². The van der Waals surface area contributed by atoms with Gasteiger partial charge in [-0.2, -0.15) is 0 Å². The Morgan fingerprint density at radius 1 is 0.545 bits per heavy atom. The number of aryl methyl sites for hydroxylation is 2. The third kappa shape index (κ3) is 9.63. The van der Waals surface area contributed by atoms with E-state index in [0.717, 1.165) is 50.1 Å². The molecule has 0 spiro atoms. The fraction of sp³-hybridized carbons (Fsp3) is 0.265. The summed E-state index contributed by atoms with van der Waals surface area (Å²) in [4.78, 5) is 0. The van der Waals surface area contributed by atoms with Crippen LogP contribution in [-0.2, 0) is 69.3 Å². The molecule has 1 aliphatic carbocycles. The number of halogens is 1. The SMILES string of the molecule is [2H]C1([2H])Cc2cc(Cc3cc([C@@H]4O[C@H](COCc5ccccc5)[C@@H](OCc5ccccc5)[C@H](OCc5ccccc5)[C@H]4OCc4ccccc4)ccc3Cl)ccc21. The van der Waals surface area contributed by atoms with Gasteiger partial charge < -0.3 is 23.7 Å². The summed E-state index contributed by atoms with van der Waals surface area (Å²) < 4.78 is 50.8. The minimum absolute atomic E-state index is 0.268. The molecule has 6 aromatic carbocycles. The first-order valence-corrected chi connectivity index (χ1v) is 19.4.